The molecule has 0 unspecified atom stereocenters. The Morgan fingerprint density at radius 2 is 1.39 bits per heavy atom. The van der Waals surface area contributed by atoms with Crippen LogP contribution in [0.2, 0.25) is 0 Å². The SMILES string of the molecule is CCOC(=O)c1ccc(O)c(OCC[N+](C)(C)C)c1.CN(C)CCOc1cc(C(=O)O)ccc1O.[Cl-]. The number of rotatable bonds is 11. The first-order valence-electron chi connectivity index (χ1n) is 11.1. The topological polar surface area (TPSA) is 126 Å². The maximum Gasteiger partial charge on any atom is 0.338 e. The molecule has 2 aromatic carbocycles. The summed E-state index contributed by atoms with van der Waals surface area (Å²) >= 11 is 0. The van der Waals surface area contributed by atoms with E-state index in [1.165, 1.54) is 36.4 Å². The molecule has 0 heterocycles. The first-order valence-corrected chi connectivity index (χ1v) is 11.1. The van der Waals surface area contributed by atoms with E-state index in [2.05, 4.69) is 21.1 Å². The van der Waals surface area contributed by atoms with Crippen LogP contribution in [0.3, 0.4) is 0 Å². The number of carboxylic acids is 1. The van der Waals surface area contributed by atoms with Crippen LogP contribution in [-0.4, -0.2) is 105 Å². The second-order valence-corrected chi connectivity index (χ2v) is 8.90. The Labute approximate surface area is 218 Å². The number of carbonyl (C=O) groups excluding carboxylic acids is 1. The molecule has 0 spiro atoms. The van der Waals surface area contributed by atoms with Crippen molar-refractivity contribution < 1.29 is 56.0 Å². The van der Waals surface area contributed by atoms with Crippen molar-refractivity contribution >= 4 is 11.9 Å². The van der Waals surface area contributed by atoms with Gasteiger partial charge in [0.2, 0.25) is 0 Å². The average Bonchev–Trinajstić information content (AvgIpc) is 2.75. The van der Waals surface area contributed by atoms with Crippen LogP contribution in [0.5, 0.6) is 23.0 Å². The Kier molecular flexibility index (Phi) is 14.3. The second-order valence-electron chi connectivity index (χ2n) is 8.90. The molecule has 0 aromatic heterocycles. The molecule has 10 nitrogen and oxygen atoms in total. The van der Waals surface area contributed by atoms with Crippen molar-refractivity contribution in [2.24, 2.45) is 0 Å². The average molecular weight is 529 g/mol. The summed E-state index contributed by atoms with van der Waals surface area (Å²) in [7, 11) is 9.96. The first kappa shape index (κ1) is 32.8. The molecular weight excluding hydrogens is 492 g/mol. The standard InChI is InChI=1S/C14H21NO4.C11H15NO4.ClH/c1-5-18-14(17)11-6-7-12(16)13(10-11)19-9-8-15(2,3)4;1-12(2)5-6-16-10-7-8(11(14)15)3-4-9(10)13;/h6-7,10H,5,8-9H2,1-4H3;3-4,7,13H,5-6H2,1-2H3,(H,14,15);1H. The van der Waals surface area contributed by atoms with Gasteiger partial charge in [-0.25, -0.2) is 9.59 Å². The predicted molar refractivity (Wildman–Crippen MR) is 132 cm³/mol. The molecule has 0 amide bonds. The summed E-state index contributed by atoms with van der Waals surface area (Å²) < 4.78 is 16.5. The minimum atomic E-state index is -1.04. The van der Waals surface area contributed by atoms with Crippen molar-refractivity contribution in [2.45, 2.75) is 6.92 Å². The van der Waals surface area contributed by atoms with Gasteiger partial charge in [0.15, 0.2) is 23.0 Å². The zero-order chi connectivity index (χ0) is 26.6. The molecule has 0 bridgehead atoms. The zero-order valence-electron chi connectivity index (χ0n) is 21.7. The number of ether oxygens (including phenoxy) is 3. The van der Waals surface area contributed by atoms with E-state index in [9.17, 15) is 19.8 Å². The molecule has 0 saturated carbocycles. The summed E-state index contributed by atoms with van der Waals surface area (Å²) in [4.78, 5) is 24.2. The van der Waals surface area contributed by atoms with Crippen LogP contribution in [0.4, 0.5) is 0 Å². The van der Waals surface area contributed by atoms with Gasteiger partial charge in [-0.3, -0.25) is 0 Å². The number of quaternary nitrogens is 1. The highest BCUT2D eigenvalue weighted by Crippen LogP contribution is 2.28. The highest BCUT2D eigenvalue weighted by Gasteiger charge is 2.13. The van der Waals surface area contributed by atoms with Gasteiger partial charge < -0.3 is 51.3 Å². The van der Waals surface area contributed by atoms with E-state index in [0.717, 1.165) is 11.0 Å². The normalized spacial score (nSPS) is 10.5. The molecular formula is C25H37ClN2O8. The second kappa shape index (κ2) is 15.7. The Hall–Kier alpha value is -3.21. The lowest BCUT2D eigenvalue weighted by molar-refractivity contribution is -0.870. The van der Waals surface area contributed by atoms with Crippen molar-refractivity contribution in [3.05, 3.63) is 47.5 Å². The van der Waals surface area contributed by atoms with Crippen molar-refractivity contribution in [1.82, 2.24) is 4.90 Å². The van der Waals surface area contributed by atoms with E-state index >= 15 is 0 Å². The van der Waals surface area contributed by atoms with E-state index in [-0.39, 0.29) is 35.2 Å². The number of benzene rings is 2. The maximum absolute atomic E-state index is 11.6. The highest BCUT2D eigenvalue weighted by atomic mass is 35.5. The van der Waals surface area contributed by atoms with Crippen LogP contribution in [-0.2, 0) is 4.74 Å². The van der Waals surface area contributed by atoms with Crippen molar-refractivity contribution in [1.29, 1.82) is 0 Å². The fourth-order valence-corrected chi connectivity index (χ4v) is 2.50. The molecule has 2 aromatic rings. The smallest absolute Gasteiger partial charge is 0.338 e. The number of phenols is 2. The molecule has 2 rings (SSSR count). The van der Waals surface area contributed by atoms with Crippen LogP contribution >= 0.6 is 0 Å². The lowest BCUT2D eigenvalue weighted by atomic mass is 10.2. The number of phenolic OH excluding ortho intramolecular Hbond substituents is 2. The van der Waals surface area contributed by atoms with Crippen LogP contribution < -0.4 is 21.9 Å². The molecule has 3 N–H and O–H groups in total. The zero-order valence-corrected chi connectivity index (χ0v) is 22.4. The van der Waals surface area contributed by atoms with Gasteiger partial charge in [0.05, 0.1) is 38.9 Å². The van der Waals surface area contributed by atoms with Crippen LogP contribution in [0.15, 0.2) is 36.4 Å². The van der Waals surface area contributed by atoms with E-state index in [1.807, 2.05) is 19.0 Å². The van der Waals surface area contributed by atoms with Gasteiger partial charge in [-0.05, 0) is 57.4 Å². The minimum absolute atomic E-state index is 0. The Morgan fingerprint density at radius 3 is 1.86 bits per heavy atom. The fourth-order valence-electron chi connectivity index (χ4n) is 2.50. The molecule has 11 heteroatoms. The van der Waals surface area contributed by atoms with Gasteiger partial charge in [-0.1, -0.05) is 0 Å². The Bertz CT molecular complexity index is 977. The Balaban J connectivity index is 0.000000671. The molecule has 0 radical (unpaired) electrons. The largest absolute Gasteiger partial charge is 1.00 e. The number of halogens is 1. The minimum Gasteiger partial charge on any atom is -1.00 e. The molecule has 0 aliphatic carbocycles. The molecule has 0 saturated heterocycles. The van der Waals surface area contributed by atoms with Gasteiger partial charge in [0, 0.05) is 6.54 Å². The number of carbonyl (C=O) groups is 2. The lowest BCUT2D eigenvalue weighted by Gasteiger charge is -2.23. The van der Waals surface area contributed by atoms with E-state index in [0.29, 0.717) is 37.7 Å². The molecule has 0 aliphatic rings. The van der Waals surface area contributed by atoms with Crippen LogP contribution in [0.25, 0.3) is 0 Å². The van der Waals surface area contributed by atoms with E-state index < -0.39 is 11.9 Å². The third-order valence-electron chi connectivity index (χ3n) is 4.49. The number of hydrogen-bond acceptors (Lipinski definition) is 8. The van der Waals surface area contributed by atoms with Gasteiger partial charge in [0.1, 0.15) is 19.8 Å². The maximum atomic E-state index is 11.6. The highest BCUT2D eigenvalue weighted by molar-refractivity contribution is 5.90. The monoisotopic (exact) mass is 528 g/mol. The summed E-state index contributed by atoms with van der Waals surface area (Å²) in [5, 5.41) is 27.9. The molecule has 202 valence electrons. The number of carboxylic acid groups (broad SMARTS) is 1. The lowest BCUT2D eigenvalue weighted by Crippen LogP contribution is -3.00. The van der Waals surface area contributed by atoms with Crippen molar-refractivity contribution in [3.8, 4) is 23.0 Å². The summed E-state index contributed by atoms with van der Waals surface area (Å²) in [6.45, 7) is 4.40. The van der Waals surface area contributed by atoms with Crippen LogP contribution in [0, 0.1) is 0 Å². The van der Waals surface area contributed by atoms with Crippen molar-refractivity contribution in [3.63, 3.8) is 0 Å². The molecule has 0 aliphatic heterocycles. The Morgan fingerprint density at radius 1 is 0.889 bits per heavy atom. The fraction of sp³-hybridized carbons (Fsp3) is 0.440. The number of hydrogen-bond donors (Lipinski definition) is 3. The van der Waals surface area contributed by atoms with E-state index in [4.69, 9.17) is 19.3 Å². The van der Waals surface area contributed by atoms with Gasteiger partial charge in [0.25, 0.3) is 0 Å². The summed E-state index contributed by atoms with van der Waals surface area (Å²) in [6, 6.07) is 8.41. The number of aromatic hydroxyl groups is 2. The number of nitrogens with zero attached hydrogens (tertiary/aromatic N) is 2. The van der Waals surface area contributed by atoms with Crippen LogP contribution in [0.1, 0.15) is 27.6 Å². The molecule has 0 atom stereocenters. The van der Waals surface area contributed by atoms with Crippen molar-refractivity contribution in [2.75, 3.05) is 68.1 Å². The summed E-state index contributed by atoms with van der Waals surface area (Å²) in [6.07, 6.45) is 0. The van der Waals surface area contributed by atoms with Gasteiger partial charge in [-0.2, -0.15) is 0 Å². The summed E-state index contributed by atoms with van der Waals surface area (Å²) in [5.74, 6) is -0.990. The molecule has 36 heavy (non-hydrogen) atoms. The number of likely N-dealkylation sites (N-methyl/N-ethyl adjacent to an activating group) is 2. The van der Waals surface area contributed by atoms with E-state index in [1.54, 1.807) is 6.92 Å². The first-order chi connectivity index (χ1) is 16.3. The predicted octanol–water partition coefficient (Wildman–Crippen LogP) is -0.311. The third-order valence-corrected chi connectivity index (χ3v) is 4.49. The van der Waals surface area contributed by atoms with Gasteiger partial charge in [-0.15, -0.1) is 0 Å². The number of esters is 1. The third kappa shape index (κ3) is 12.5. The summed E-state index contributed by atoms with van der Waals surface area (Å²) in [5.41, 5.74) is 0.470. The number of aromatic carboxylic acids is 1. The molecule has 0 fully saturated rings. The quantitative estimate of drug-likeness (QED) is 0.266. The van der Waals surface area contributed by atoms with Gasteiger partial charge >= 0.3 is 11.9 Å².